The lowest BCUT2D eigenvalue weighted by atomic mass is 9.98. The van der Waals surface area contributed by atoms with Crippen LogP contribution in [0.3, 0.4) is 0 Å². The molecule has 5 aromatic rings. The number of hydrogen-bond acceptors (Lipinski definition) is 10. The van der Waals surface area contributed by atoms with E-state index in [0.717, 1.165) is 5.03 Å². The SMILES string of the molecule is CN(CCn1c(=O)c2cc(CO)c(CO)cc2c2cnc3cc4c(cc3c21)OCO4)C(=O)CCC(C)(C)SSc1ccccn1. The number of fused-ring (bicyclic) bond motifs is 6. The Morgan fingerprint density at radius 3 is 2.44 bits per heavy atom. The molecule has 3 aromatic heterocycles. The molecule has 1 amide bonds. The van der Waals surface area contributed by atoms with Gasteiger partial charge in [-0.3, -0.25) is 14.6 Å². The molecule has 0 radical (unpaired) electrons. The third-order valence-corrected chi connectivity index (χ3v) is 11.3. The average Bonchev–Trinajstić information content (AvgIpc) is 3.52. The van der Waals surface area contributed by atoms with E-state index in [9.17, 15) is 19.8 Å². The van der Waals surface area contributed by atoms with Crippen LogP contribution in [0.5, 0.6) is 11.5 Å². The van der Waals surface area contributed by atoms with E-state index < -0.39 is 0 Å². The van der Waals surface area contributed by atoms with Crippen molar-refractivity contribution in [2.45, 2.75) is 56.2 Å². The summed E-state index contributed by atoms with van der Waals surface area (Å²) in [6.07, 6.45) is 4.53. The smallest absolute Gasteiger partial charge is 0.259 e. The average molecular weight is 647 g/mol. The molecule has 0 atom stereocenters. The van der Waals surface area contributed by atoms with Gasteiger partial charge in [-0.25, -0.2) is 4.98 Å². The van der Waals surface area contributed by atoms with Crippen molar-refractivity contribution in [3.63, 3.8) is 0 Å². The first-order valence-electron chi connectivity index (χ1n) is 14.6. The van der Waals surface area contributed by atoms with Crippen LogP contribution >= 0.6 is 21.6 Å². The van der Waals surface area contributed by atoms with Gasteiger partial charge in [0.15, 0.2) is 11.5 Å². The molecular formula is C33H34N4O6S2. The monoisotopic (exact) mass is 646 g/mol. The largest absolute Gasteiger partial charge is 0.454 e. The van der Waals surface area contributed by atoms with Gasteiger partial charge in [0, 0.05) is 65.9 Å². The highest BCUT2D eigenvalue weighted by molar-refractivity contribution is 8.77. The zero-order valence-corrected chi connectivity index (χ0v) is 26.9. The Labute approximate surface area is 267 Å². The molecule has 0 fully saturated rings. The Balaban J connectivity index is 1.30. The number of carbonyl (C=O) groups excluding carboxylic acids is 1. The Hall–Kier alpha value is -3.84. The second kappa shape index (κ2) is 12.9. The molecule has 0 saturated heterocycles. The van der Waals surface area contributed by atoms with E-state index in [2.05, 4.69) is 23.8 Å². The lowest BCUT2D eigenvalue weighted by Crippen LogP contribution is -2.33. The standard InChI is InChI=1S/C33H34N4O6S2/c1-33(2,45-44-29-6-4-5-9-34-29)8-7-30(40)36(3)10-11-37-31-24-14-27-28(43-19-42-27)15-26(24)35-16-25(31)22-12-20(17-38)21(18-39)13-23(22)32(37)41/h4-6,9,12-16,38-39H,7-8,10-11,17-19H2,1-3H3. The van der Waals surface area contributed by atoms with Crippen molar-refractivity contribution in [3.8, 4) is 11.5 Å². The Morgan fingerprint density at radius 2 is 1.73 bits per heavy atom. The number of aliphatic hydroxyl groups excluding tert-OH is 2. The minimum atomic E-state index is -0.311. The van der Waals surface area contributed by atoms with Crippen LogP contribution in [0.15, 0.2) is 64.7 Å². The van der Waals surface area contributed by atoms with E-state index in [-0.39, 0.29) is 42.8 Å². The van der Waals surface area contributed by atoms with Gasteiger partial charge < -0.3 is 29.2 Å². The van der Waals surface area contributed by atoms with Gasteiger partial charge in [0.1, 0.15) is 5.03 Å². The molecule has 0 saturated carbocycles. The predicted molar refractivity (Wildman–Crippen MR) is 178 cm³/mol. The third-order valence-electron chi connectivity index (χ3n) is 8.07. The summed E-state index contributed by atoms with van der Waals surface area (Å²) in [6, 6.07) is 12.8. The first-order valence-corrected chi connectivity index (χ1v) is 16.8. The fraction of sp³-hybridized carbons (Fsp3) is 0.333. The van der Waals surface area contributed by atoms with Crippen LogP contribution in [-0.4, -0.2) is 60.7 Å². The molecule has 12 heteroatoms. The maximum Gasteiger partial charge on any atom is 0.259 e. The van der Waals surface area contributed by atoms with Crippen LogP contribution in [0.25, 0.3) is 32.6 Å². The number of hydrogen-bond donors (Lipinski definition) is 2. The lowest BCUT2D eigenvalue weighted by Gasteiger charge is -2.25. The number of amides is 1. The highest BCUT2D eigenvalue weighted by atomic mass is 33.1. The Bertz CT molecular complexity index is 1970. The summed E-state index contributed by atoms with van der Waals surface area (Å²) in [5.41, 5.74) is 2.06. The molecule has 2 aromatic carbocycles. The number of nitrogens with zero attached hydrogens (tertiary/aromatic N) is 4. The van der Waals surface area contributed by atoms with Gasteiger partial charge in [-0.1, -0.05) is 16.9 Å². The molecule has 0 aliphatic carbocycles. The number of rotatable bonds is 11. The van der Waals surface area contributed by atoms with E-state index >= 15 is 0 Å². The highest BCUT2D eigenvalue weighted by Gasteiger charge is 2.24. The van der Waals surface area contributed by atoms with Gasteiger partial charge in [-0.15, -0.1) is 0 Å². The van der Waals surface area contributed by atoms with Crippen molar-refractivity contribution < 1.29 is 24.5 Å². The maximum absolute atomic E-state index is 14.1. The zero-order chi connectivity index (χ0) is 31.7. The Morgan fingerprint density at radius 1 is 1.00 bits per heavy atom. The highest BCUT2D eigenvalue weighted by Crippen LogP contribution is 2.42. The van der Waals surface area contributed by atoms with Crippen molar-refractivity contribution in [1.82, 2.24) is 19.4 Å². The van der Waals surface area contributed by atoms with Gasteiger partial charge in [0.25, 0.3) is 5.56 Å². The van der Waals surface area contributed by atoms with Gasteiger partial charge in [-0.05, 0) is 77.9 Å². The molecule has 1 aliphatic heterocycles. The molecule has 10 nitrogen and oxygen atoms in total. The summed E-state index contributed by atoms with van der Waals surface area (Å²) >= 11 is 0. The number of carbonyl (C=O) groups is 1. The van der Waals surface area contributed by atoms with Gasteiger partial charge in [0.2, 0.25) is 12.7 Å². The molecule has 6 rings (SSSR count). The number of ether oxygens (including phenoxy) is 2. The normalized spacial score (nSPS) is 12.8. The van der Waals surface area contributed by atoms with E-state index in [1.165, 1.54) is 0 Å². The number of aromatic nitrogens is 3. The van der Waals surface area contributed by atoms with Crippen LogP contribution in [0.1, 0.15) is 37.8 Å². The van der Waals surface area contributed by atoms with E-state index in [4.69, 9.17) is 9.47 Å². The number of aliphatic hydroxyl groups is 2. The van der Waals surface area contributed by atoms with Crippen molar-refractivity contribution >= 4 is 60.1 Å². The second-order valence-electron chi connectivity index (χ2n) is 11.6. The topological polar surface area (TPSA) is 127 Å². The van der Waals surface area contributed by atoms with Gasteiger partial charge >= 0.3 is 0 Å². The Kier molecular flexibility index (Phi) is 8.91. The molecule has 45 heavy (non-hydrogen) atoms. The summed E-state index contributed by atoms with van der Waals surface area (Å²) in [6.45, 7) is 4.31. The van der Waals surface area contributed by atoms with Crippen molar-refractivity contribution in [3.05, 3.63) is 76.3 Å². The second-order valence-corrected chi connectivity index (χ2v) is 14.4. The van der Waals surface area contributed by atoms with Crippen LogP contribution in [0.4, 0.5) is 0 Å². The quantitative estimate of drug-likeness (QED) is 0.145. The van der Waals surface area contributed by atoms with Crippen LogP contribution in [-0.2, 0) is 24.6 Å². The summed E-state index contributed by atoms with van der Waals surface area (Å²) in [7, 11) is 5.06. The number of likely N-dealkylation sites (N-methyl/N-ethyl adjacent to an activating group) is 1. The van der Waals surface area contributed by atoms with Gasteiger partial charge in [-0.2, -0.15) is 0 Å². The molecule has 0 unspecified atom stereocenters. The number of benzene rings is 2. The summed E-state index contributed by atoms with van der Waals surface area (Å²) in [5, 5.41) is 23.3. The minimum Gasteiger partial charge on any atom is -0.454 e. The third kappa shape index (κ3) is 6.32. The zero-order valence-electron chi connectivity index (χ0n) is 25.3. The maximum atomic E-state index is 14.1. The van der Waals surface area contributed by atoms with Crippen LogP contribution < -0.4 is 15.0 Å². The van der Waals surface area contributed by atoms with Crippen molar-refractivity contribution in [2.24, 2.45) is 0 Å². The van der Waals surface area contributed by atoms with Crippen LogP contribution in [0, 0.1) is 0 Å². The van der Waals surface area contributed by atoms with Crippen molar-refractivity contribution in [2.75, 3.05) is 20.4 Å². The summed E-state index contributed by atoms with van der Waals surface area (Å²) in [5.74, 6) is 1.15. The van der Waals surface area contributed by atoms with Crippen LogP contribution in [0.2, 0.25) is 0 Å². The first kappa shape index (κ1) is 31.2. The van der Waals surface area contributed by atoms with E-state index in [1.54, 1.807) is 68.7 Å². The molecule has 4 heterocycles. The van der Waals surface area contributed by atoms with E-state index in [0.29, 0.717) is 74.6 Å². The summed E-state index contributed by atoms with van der Waals surface area (Å²) < 4.78 is 12.7. The van der Waals surface area contributed by atoms with E-state index in [1.807, 2.05) is 24.3 Å². The fourth-order valence-corrected chi connectivity index (χ4v) is 7.68. The molecule has 0 spiro atoms. The van der Waals surface area contributed by atoms with Gasteiger partial charge in [0.05, 0.1) is 24.2 Å². The summed E-state index contributed by atoms with van der Waals surface area (Å²) in [4.78, 5) is 38.1. The first-order chi connectivity index (χ1) is 21.7. The fourth-order valence-electron chi connectivity index (χ4n) is 5.47. The predicted octanol–water partition coefficient (Wildman–Crippen LogP) is 5.27. The molecular weight excluding hydrogens is 613 g/mol. The molecule has 1 aliphatic rings. The lowest BCUT2D eigenvalue weighted by molar-refractivity contribution is -0.130. The molecule has 0 bridgehead atoms. The minimum absolute atomic E-state index is 0.00491. The molecule has 2 N–H and O–H groups in total. The molecule has 234 valence electrons. The number of pyridine rings is 3. The van der Waals surface area contributed by atoms with Crippen molar-refractivity contribution in [1.29, 1.82) is 0 Å².